The van der Waals surface area contributed by atoms with E-state index in [-0.39, 0.29) is 40.9 Å². The summed E-state index contributed by atoms with van der Waals surface area (Å²) in [5.74, 6) is 0.495. The first-order valence-electron chi connectivity index (χ1n) is 11.3. The summed E-state index contributed by atoms with van der Waals surface area (Å²) < 4.78 is 11.2. The maximum absolute atomic E-state index is 11.7. The molecule has 29 heavy (non-hydrogen) atoms. The first-order valence-corrected chi connectivity index (χ1v) is 11.3. The molecule has 5 nitrogen and oxygen atoms in total. The van der Waals surface area contributed by atoms with Gasteiger partial charge in [-0.25, -0.2) is 0 Å². The SMILES string of the molecule is CC(=O)O[C@H]1CC[C@@]2(C)C(=C[C@@](C)(O)[C@H]3[C@@H]4CC[C@H](OC(C)=O)[C@@]4(C)CC[C@@H]32)C1. The van der Waals surface area contributed by atoms with Crippen LogP contribution in [-0.4, -0.2) is 34.9 Å². The van der Waals surface area contributed by atoms with Crippen molar-refractivity contribution in [3.05, 3.63) is 11.6 Å². The number of carbonyl (C=O) groups is 2. The number of hydrogen-bond acceptors (Lipinski definition) is 5. The fourth-order valence-electron chi connectivity index (χ4n) is 7.65. The molecule has 4 aliphatic carbocycles. The third-order valence-electron chi connectivity index (χ3n) is 8.95. The Balaban J connectivity index is 1.66. The van der Waals surface area contributed by atoms with Crippen molar-refractivity contribution in [2.24, 2.45) is 28.6 Å². The molecule has 3 fully saturated rings. The minimum absolute atomic E-state index is 0.0420. The summed E-state index contributed by atoms with van der Waals surface area (Å²) in [4.78, 5) is 23.1. The van der Waals surface area contributed by atoms with Crippen LogP contribution < -0.4 is 0 Å². The van der Waals surface area contributed by atoms with E-state index in [1.165, 1.54) is 19.4 Å². The molecular weight excluding hydrogens is 368 g/mol. The molecule has 4 rings (SSSR count). The fourth-order valence-corrected chi connectivity index (χ4v) is 7.65. The maximum atomic E-state index is 11.7. The second kappa shape index (κ2) is 6.83. The van der Waals surface area contributed by atoms with Gasteiger partial charge in [0.05, 0.1) is 5.60 Å². The number of ether oxygens (including phenoxy) is 2. The number of esters is 2. The molecule has 0 aromatic heterocycles. The zero-order valence-electron chi connectivity index (χ0n) is 18.5. The number of aliphatic hydroxyl groups is 1. The van der Waals surface area contributed by atoms with Crippen LogP contribution in [0.3, 0.4) is 0 Å². The van der Waals surface area contributed by atoms with E-state index in [0.29, 0.717) is 11.8 Å². The van der Waals surface area contributed by atoms with Gasteiger partial charge in [0.2, 0.25) is 0 Å². The molecule has 8 atom stereocenters. The van der Waals surface area contributed by atoms with Gasteiger partial charge < -0.3 is 14.6 Å². The van der Waals surface area contributed by atoms with Crippen molar-refractivity contribution in [3.63, 3.8) is 0 Å². The molecule has 0 aliphatic heterocycles. The lowest BCUT2D eigenvalue weighted by molar-refractivity contribution is -0.166. The third-order valence-corrected chi connectivity index (χ3v) is 8.95. The van der Waals surface area contributed by atoms with Gasteiger partial charge >= 0.3 is 11.9 Å². The largest absolute Gasteiger partial charge is 0.462 e. The lowest BCUT2D eigenvalue weighted by Gasteiger charge is -2.61. The van der Waals surface area contributed by atoms with E-state index in [1.54, 1.807) is 0 Å². The Hall–Kier alpha value is -1.36. The highest BCUT2D eigenvalue weighted by molar-refractivity contribution is 5.66. The number of carbonyl (C=O) groups excluding carboxylic acids is 2. The normalized spacial score (nSPS) is 48.6. The lowest BCUT2D eigenvalue weighted by Crippen LogP contribution is -2.59. The summed E-state index contributed by atoms with van der Waals surface area (Å²) in [6.45, 7) is 9.55. The molecule has 0 radical (unpaired) electrons. The minimum Gasteiger partial charge on any atom is -0.462 e. The Morgan fingerprint density at radius 2 is 1.66 bits per heavy atom. The van der Waals surface area contributed by atoms with Gasteiger partial charge in [0.1, 0.15) is 12.2 Å². The molecule has 0 bridgehead atoms. The highest BCUT2D eigenvalue weighted by Gasteiger charge is 2.64. The quantitative estimate of drug-likeness (QED) is 0.552. The predicted molar refractivity (Wildman–Crippen MR) is 109 cm³/mol. The molecule has 5 heteroatoms. The number of fused-ring (bicyclic) bond motifs is 5. The van der Waals surface area contributed by atoms with Crippen molar-refractivity contribution in [2.45, 2.75) is 97.4 Å². The maximum Gasteiger partial charge on any atom is 0.302 e. The Labute approximate surface area is 174 Å². The van der Waals surface area contributed by atoms with E-state index in [4.69, 9.17) is 9.47 Å². The van der Waals surface area contributed by atoms with Crippen LogP contribution in [0.2, 0.25) is 0 Å². The molecule has 4 aliphatic rings. The van der Waals surface area contributed by atoms with Crippen LogP contribution in [0.4, 0.5) is 0 Å². The summed E-state index contributed by atoms with van der Waals surface area (Å²) in [7, 11) is 0. The van der Waals surface area contributed by atoms with Crippen LogP contribution in [0.5, 0.6) is 0 Å². The fraction of sp³-hybridized carbons (Fsp3) is 0.833. The van der Waals surface area contributed by atoms with Gasteiger partial charge in [-0.05, 0) is 68.6 Å². The van der Waals surface area contributed by atoms with Crippen molar-refractivity contribution in [3.8, 4) is 0 Å². The second-order valence-electron chi connectivity index (χ2n) is 10.7. The zero-order chi connectivity index (χ0) is 21.2. The molecule has 0 saturated heterocycles. The van der Waals surface area contributed by atoms with Gasteiger partial charge in [-0.3, -0.25) is 9.59 Å². The molecule has 0 spiro atoms. The van der Waals surface area contributed by atoms with Gasteiger partial charge in [-0.2, -0.15) is 0 Å². The smallest absolute Gasteiger partial charge is 0.302 e. The topological polar surface area (TPSA) is 72.8 Å². The molecule has 0 unspecified atom stereocenters. The van der Waals surface area contributed by atoms with Crippen molar-refractivity contribution in [1.29, 1.82) is 0 Å². The van der Waals surface area contributed by atoms with Crippen molar-refractivity contribution >= 4 is 11.9 Å². The Kier molecular flexibility index (Phi) is 4.92. The molecule has 0 aromatic carbocycles. The average Bonchev–Trinajstić information content (AvgIpc) is 2.91. The summed E-state index contributed by atoms with van der Waals surface area (Å²) in [5, 5.41) is 11.6. The van der Waals surface area contributed by atoms with Gasteiger partial charge in [-0.1, -0.05) is 25.5 Å². The molecule has 1 N–H and O–H groups in total. The number of rotatable bonds is 2. The molecule has 162 valence electrons. The van der Waals surface area contributed by atoms with E-state index in [2.05, 4.69) is 19.9 Å². The average molecular weight is 405 g/mol. The summed E-state index contributed by atoms with van der Waals surface area (Å²) in [6, 6.07) is 0. The van der Waals surface area contributed by atoms with E-state index < -0.39 is 5.60 Å². The van der Waals surface area contributed by atoms with Crippen LogP contribution in [0.1, 0.15) is 79.6 Å². The van der Waals surface area contributed by atoms with Crippen LogP contribution in [0, 0.1) is 28.6 Å². The predicted octanol–water partition coefficient (Wildman–Crippen LogP) is 4.17. The van der Waals surface area contributed by atoms with Crippen molar-refractivity contribution in [2.75, 3.05) is 0 Å². The van der Waals surface area contributed by atoms with E-state index in [9.17, 15) is 14.7 Å². The summed E-state index contributed by atoms with van der Waals surface area (Å²) >= 11 is 0. The van der Waals surface area contributed by atoms with Crippen LogP contribution in [-0.2, 0) is 19.1 Å². The monoisotopic (exact) mass is 404 g/mol. The molecule has 0 aromatic rings. The molecular formula is C24H36O5. The van der Waals surface area contributed by atoms with Crippen LogP contribution >= 0.6 is 0 Å². The minimum atomic E-state index is -0.894. The summed E-state index contributed by atoms with van der Waals surface area (Å²) in [6.07, 6.45) is 8.54. The van der Waals surface area contributed by atoms with Crippen LogP contribution in [0.25, 0.3) is 0 Å². The molecule has 3 saturated carbocycles. The highest BCUT2D eigenvalue weighted by Crippen LogP contribution is 2.67. The Bertz CT molecular complexity index is 740. The van der Waals surface area contributed by atoms with Crippen molar-refractivity contribution in [1.82, 2.24) is 0 Å². The van der Waals surface area contributed by atoms with Gasteiger partial charge in [-0.15, -0.1) is 0 Å². The lowest BCUT2D eigenvalue weighted by atomic mass is 9.45. The summed E-state index contributed by atoms with van der Waals surface area (Å²) in [5.41, 5.74) is 0.354. The van der Waals surface area contributed by atoms with Gasteiger partial charge in [0.15, 0.2) is 0 Å². The number of hydrogen-bond donors (Lipinski definition) is 1. The highest BCUT2D eigenvalue weighted by atomic mass is 16.5. The van der Waals surface area contributed by atoms with Gasteiger partial charge in [0.25, 0.3) is 0 Å². The molecule has 0 heterocycles. The van der Waals surface area contributed by atoms with Crippen LogP contribution in [0.15, 0.2) is 11.6 Å². The Morgan fingerprint density at radius 3 is 2.31 bits per heavy atom. The van der Waals surface area contributed by atoms with E-state index in [0.717, 1.165) is 44.9 Å². The first kappa shape index (κ1) is 20.9. The molecule has 0 amide bonds. The standard InChI is InChI=1S/C24H36O5/c1-14(25)28-17-8-10-22(3)16(12-17)13-24(5,27)21-18-6-7-20(29-15(2)26)23(18,4)11-9-19(21)22/h13,17-21,27H,6-12H2,1-5H3/t17-,18-,19-,20-,21-,22-,23-,24+/m0/s1. The van der Waals surface area contributed by atoms with Crippen molar-refractivity contribution < 1.29 is 24.2 Å². The van der Waals surface area contributed by atoms with Gasteiger partial charge in [0, 0.05) is 25.7 Å². The van der Waals surface area contributed by atoms with E-state index >= 15 is 0 Å². The first-order chi connectivity index (χ1) is 13.5. The third kappa shape index (κ3) is 3.24. The Morgan fingerprint density at radius 1 is 0.966 bits per heavy atom. The second-order valence-corrected chi connectivity index (χ2v) is 10.7. The zero-order valence-corrected chi connectivity index (χ0v) is 18.5. The van der Waals surface area contributed by atoms with E-state index in [1.807, 2.05) is 6.92 Å².